The third-order valence-electron chi connectivity index (χ3n) is 7.34. The first-order chi connectivity index (χ1) is 18.2. The number of hydrogen-bond acceptors (Lipinski definition) is 4. The first kappa shape index (κ1) is 27.3. The van der Waals surface area contributed by atoms with Crippen LogP contribution in [0.2, 0.25) is 15.1 Å². The van der Waals surface area contributed by atoms with Crippen molar-refractivity contribution in [3.05, 3.63) is 80.8 Å². The van der Waals surface area contributed by atoms with Crippen LogP contribution in [0.15, 0.2) is 54.6 Å². The van der Waals surface area contributed by atoms with E-state index in [1.165, 1.54) is 0 Å². The Bertz CT molecular complexity index is 1320. The molecule has 5 rings (SSSR count). The molecular weight excluding hydrogens is 541 g/mol. The van der Waals surface area contributed by atoms with Crippen LogP contribution in [-0.4, -0.2) is 74.1 Å². The number of nitrogens with zero attached hydrogens (tertiary/aromatic N) is 4. The summed E-state index contributed by atoms with van der Waals surface area (Å²) in [6.45, 7) is 5.25. The first-order valence-electron chi connectivity index (χ1n) is 12.7. The van der Waals surface area contributed by atoms with E-state index in [1.807, 2.05) is 24.3 Å². The van der Waals surface area contributed by atoms with E-state index in [9.17, 15) is 4.79 Å². The number of carbonyl (C=O) groups excluding carboxylic acids is 1. The molecule has 0 unspecified atom stereocenters. The number of carbonyl (C=O) groups is 1. The van der Waals surface area contributed by atoms with Gasteiger partial charge in [0.05, 0.1) is 21.4 Å². The minimum absolute atomic E-state index is 0.263. The van der Waals surface area contributed by atoms with Crippen LogP contribution in [0, 0.1) is 0 Å². The van der Waals surface area contributed by atoms with Crippen molar-refractivity contribution >= 4 is 52.2 Å². The Kier molecular flexibility index (Phi) is 8.19. The average molecular weight is 573 g/mol. The second kappa shape index (κ2) is 11.4. The number of nitrogens with one attached hydrogen (secondary N) is 1. The zero-order valence-electron chi connectivity index (χ0n) is 21.8. The van der Waals surface area contributed by atoms with E-state index in [0.717, 1.165) is 60.7 Å². The zero-order chi connectivity index (χ0) is 27.0. The van der Waals surface area contributed by atoms with Gasteiger partial charge in [-0.3, -0.25) is 14.7 Å². The largest absolute Gasteiger partial charge is 0.333 e. The summed E-state index contributed by atoms with van der Waals surface area (Å²) in [5.74, 6) is 0. The van der Waals surface area contributed by atoms with Crippen molar-refractivity contribution in [2.24, 2.45) is 0 Å². The molecule has 1 N–H and O–H groups in total. The van der Waals surface area contributed by atoms with Gasteiger partial charge in [-0.2, -0.15) is 0 Å². The van der Waals surface area contributed by atoms with E-state index in [4.69, 9.17) is 34.8 Å². The van der Waals surface area contributed by atoms with Crippen molar-refractivity contribution < 1.29 is 4.79 Å². The maximum atomic E-state index is 13.3. The Morgan fingerprint density at radius 3 is 2.26 bits per heavy atom. The number of urea groups is 1. The van der Waals surface area contributed by atoms with Crippen LogP contribution in [0.4, 0.5) is 16.2 Å². The Labute approximate surface area is 239 Å². The average Bonchev–Trinajstić information content (AvgIpc) is 2.85. The zero-order valence-corrected chi connectivity index (χ0v) is 24.1. The van der Waals surface area contributed by atoms with Crippen LogP contribution in [0.25, 0.3) is 11.1 Å². The molecular formula is C29H32Cl3N5O. The minimum Gasteiger partial charge on any atom is -0.333 e. The molecule has 1 saturated heterocycles. The number of likely N-dealkylation sites (N-methyl/N-ethyl adjacent to an activating group) is 2. The maximum absolute atomic E-state index is 13.3. The molecule has 3 aromatic rings. The van der Waals surface area contributed by atoms with Gasteiger partial charge >= 0.3 is 6.03 Å². The molecule has 1 fully saturated rings. The quantitative estimate of drug-likeness (QED) is 0.341. The lowest BCUT2D eigenvalue weighted by molar-refractivity contribution is 0.0406. The summed E-state index contributed by atoms with van der Waals surface area (Å²) in [7, 11) is 6.41. The number of benzene rings is 3. The molecule has 2 aliphatic heterocycles. The van der Waals surface area contributed by atoms with Crippen LogP contribution in [0.3, 0.4) is 0 Å². The summed E-state index contributed by atoms with van der Waals surface area (Å²) in [4.78, 5) is 21.9. The molecule has 0 aromatic heterocycles. The van der Waals surface area contributed by atoms with E-state index in [-0.39, 0.29) is 6.03 Å². The lowest BCUT2D eigenvalue weighted by atomic mass is 9.93. The van der Waals surface area contributed by atoms with Crippen LogP contribution < -0.4 is 10.2 Å². The van der Waals surface area contributed by atoms with Gasteiger partial charge in [-0.15, -0.1) is 0 Å². The fourth-order valence-corrected chi connectivity index (χ4v) is 5.94. The summed E-state index contributed by atoms with van der Waals surface area (Å²) < 4.78 is 0. The van der Waals surface area contributed by atoms with Gasteiger partial charge in [0, 0.05) is 61.5 Å². The van der Waals surface area contributed by atoms with Crippen molar-refractivity contribution in [3.8, 4) is 11.1 Å². The smallest absolute Gasteiger partial charge is 0.326 e. The van der Waals surface area contributed by atoms with Gasteiger partial charge in [0.15, 0.2) is 0 Å². The van der Waals surface area contributed by atoms with E-state index in [1.54, 1.807) is 23.1 Å². The Balaban J connectivity index is 1.51. The van der Waals surface area contributed by atoms with Crippen molar-refractivity contribution in [1.29, 1.82) is 0 Å². The molecule has 0 aliphatic carbocycles. The predicted molar refractivity (Wildman–Crippen MR) is 158 cm³/mol. The second-order valence-electron chi connectivity index (χ2n) is 10.3. The fourth-order valence-electron chi connectivity index (χ4n) is 5.14. The van der Waals surface area contributed by atoms with Crippen LogP contribution in [-0.2, 0) is 13.1 Å². The first-order valence-corrected chi connectivity index (χ1v) is 13.9. The molecule has 0 saturated carbocycles. The third kappa shape index (κ3) is 5.53. The topological polar surface area (TPSA) is 42.1 Å². The molecule has 0 atom stereocenters. The monoisotopic (exact) mass is 571 g/mol. The van der Waals surface area contributed by atoms with Crippen LogP contribution >= 0.6 is 34.8 Å². The molecule has 9 heteroatoms. The minimum atomic E-state index is -0.263. The maximum Gasteiger partial charge on any atom is 0.326 e. The summed E-state index contributed by atoms with van der Waals surface area (Å²) >= 11 is 19.8. The van der Waals surface area contributed by atoms with Crippen LogP contribution in [0.1, 0.15) is 11.1 Å². The number of fused-ring (bicyclic) bond motifs is 1. The molecule has 200 valence electrons. The highest BCUT2D eigenvalue weighted by molar-refractivity contribution is 6.40. The van der Waals surface area contributed by atoms with E-state index in [0.29, 0.717) is 33.3 Å². The molecule has 2 amide bonds. The Morgan fingerprint density at radius 2 is 1.58 bits per heavy atom. The number of anilines is 2. The molecule has 38 heavy (non-hydrogen) atoms. The van der Waals surface area contributed by atoms with Crippen molar-refractivity contribution in [2.75, 3.05) is 52.2 Å². The second-order valence-corrected chi connectivity index (χ2v) is 11.5. The van der Waals surface area contributed by atoms with Crippen molar-refractivity contribution in [1.82, 2.24) is 20.0 Å². The summed E-state index contributed by atoms with van der Waals surface area (Å²) in [5.41, 5.74) is 5.26. The van der Waals surface area contributed by atoms with Gasteiger partial charge in [0.25, 0.3) is 0 Å². The van der Waals surface area contributed by atoms with Gasteiger partial charge in [-0.1, -0.05) is 59.1 Å². The van der Waals surface area contributed by atoms with Gasteiger partial charge in [0.2, 0.25) is 0 Å². The lowest BCUT2D eigenvalue weighted by Gasteiger charge is -2.44. The number of amides is 2. The SMILES string of the molecule is CN(C)CCN(C)C1CN(Cc2cc(-c3ccccc3Cl)c3c(c2)N(c2c(Cl)cccc2Cl)C(=O)NC3)C1. The Morgan fingerprint density at radius 1 is 0.895 bits per heavy atom. The van der Waals surface area contributed by atoms with Crippen LogP contribution in [0.5, 0.6) is 0 Å². The van der Waals surface area contributed by atoms with Gasteiger partial charge < -0.3 is 10.2 Å². The van der Waals surface area contributed by atoms with E-state index >= 15 is 0 Å². The highest BCUT2D eigenvalue weighted by Crippen LogP contribution is 2.45. The normalized spacial score (nSPS) is 16.1. The van der Waals surface area contributed by atoms with Crippen molar-refractivity contribution in [2.45, 2.75) is 19.1 Å². The molecule has 2 heterocycles. The van der Waals surface area contributed by atoms with Gasteiger partial charge in [0.1, 0.15) is 0 Å². The highest BCUT2D eigenvalue weighted by Gasteiger charge is 2.33. The van der Waals surface area contributed by atoms with Crippen molar-refractivity contribution in [3.63, 3.8) is 0 Å². The molecule has 0 bridgehead atoms. The van der Waals surface area contributed by atoms with E-state index < -0.39 is 0 Å². The summed E-state index contributed by atoms with van der Waals surface area (Å²) in [6.07, 6.45) is 0. The fraction of sp³-hybridized carbons (Fsp3) is 0.345. The lowest BCUT2D eigenvalue weighted by Crippen LogP contribution is -2.58. The summed E-state index contributed by atoms with van der Waals surface area (Å²) in [6, 6.07) is 17.7. The standard InChI is InChI=1S/C29H32Cl3N5O/c1-34(2)11-12-35(3)20-17-36(18-20)16-19-13-22(21-7-4-5-8-24(21)30)23-15-33-29(38)37(27(23)14-19)28-25(31)9-6-10-26(28)32/h4-10,13-14,20H,11-12,15-18H2,1-3H3,(H,33,38). The number of rotatable bonds is 8. The molecule has 6 nitrogen and oxygen atoms in total. The summed E-state index contributed by atoms with van der Waals surface area (Å²) in [5, 5.41) is 4.49. The van der Waals surface area contributed by atoms with E-state index in [2.05, 4.69) is 53.3 Å². The predicted octanol–water partition coefficient (Wildman–Crippen LogP) is 6.35. The number of hydrogen-bond donors (Lipinski definition) is 1. The third-order valence-corrected chi connectivity index (χ3v) is 8.28. The van der Waals surface area contributed by atoms with Gasteiger partial charge in [-0.25, -0.2) is 4.79 Å². The molecule has 0 radical (unpaired) electrons. The molecule has 2 aliphatic rings. The van der Waals surface area contributed by atoms with Gasteiger partial charge in [-0.05, 0) is 62.6 Å². The Hall–Kier alpha value is -2.32. The highest BCUT2D eigenvalue weighted by atomic mass is 35.5. The number of para-hydroxylation sites is 1. The molecule has 0 spiro atoms. The number of halogens is 3. The molecule has 3 aromatic carbocycles. The number of likely N-dealkylation sites (tertiary alicyclic amines) is 1.